The minimum Gasteiger partial charge on any atom is -0.307 e. The van der Waals surface area contributed by atoms with E-state index in [1.54, 1.807) is 0 Å². The molecule has 2 rings (SSSR count). The summed E-state index contributed by atoms with van der Waals surface area (Å²) in [6.45, 7) is 4.53. The van der Waals surface area contributed by atoms with E-state index in [1.165, 1.54) is 34.1 Å². The smallest absolute Gasteiger partial charge is 0.0388 e. The lowest BCUT2D eigenvalue weighted by molar-refractivity contribution is 0.434. The Morgan fingerprint density at radius 2 is 2.12 bits per heavy atom. The van der Waals surface area contributed by atoms with Crippen LogP contribution < -0.4 is 5.32 Å². The Labute approximate surface area is 107 Å². The van der Waals surface area contributed by atoms with Gasteiger partial charge in [-0.1, -0.05) is 6.92 Å². The summed E-state index contributed by atoms with van der Waals surface area (Å²) in [4.78, 5) is 3.00. The highest BCUT2D eigenvalue weighted by molar-refractivity contribution is 7.99. The van der Waals surface area contributed by atoms with Crippen LogP contribution in [0.5, 0.6) is 0 Å². The summed E-state index contributed by atoms with van der Waals surface area (Å²) in [6.07, 6.45) is 3.83. The van der Waals surface area contributed by atoms with Crippen molar-refractivity contribution in [1.82, 2.24) is 5.32 Å². The van der Waals surface area contributed by atoms with Gasteiger partial charge in [0.25, 0.3) is 0 Å². The Balaban J connectivity index is 1.88. The van der Waals surface area contributed by atoms with Crippen LogP contribution in [-0.2, 0) is 6.42 Å². The molecule has 1 N–H and O–H groups in total. The van der Waals surface area contributed by atoms with Gasteiger partial charge >= 0.3 is 0 Å². The fourth-order valence-electron chi connectivity index (χ4n) is 2.12. The molecule has 3 heteroatoms. The molecule has 1 aromatic heterocycles. The van der Waals surface area contributed by atoms with Crippen LogP contribution in [0.3, 0.4) is 0 Å². The SMILES string of the molecule is CCc1ccc(C(C)NC2CCSCC2)s1. The van der Waals surface area contributed by atoms with Crippen LogP contribution in [0.15, 0.2) is 12.1 Å². The van der Waals surface area contributed by atoms with Gasteiger partial charge in [0.15, 0.2) is 0 Å². The molecule has 0 bridgehead atoms. The zero-order chi connectivity index (χ0) is 11.4. The number of thioether (sulfide) groups is 1. The van der Waals surface area contributed by atoms with E-state index in [4.69, 9.17) is 0 Å². The predicted octanol–water partition coefficient (Wildman–Crippen LogP) is 3.86. The Kier molecular flexibility index (Phi) is 4.74. The number of hydrogen-bond acceptors (Lipinski definition) is 3. The van der Waals surface area contributed by atoms with Crippen molar-refractivity contribution in [3.05, 3.63) is 21.9 Å². The number of hydrogen-bond donors (Lipinski definition) is 1. The van der Waals surface area contributed by atoms with E-state index < -0.39 is 0 Å². The van der Waals surface area contributed by atoms with Gasteiger partial charge in [-0.25, -0.2) is 0 Å². The predicted molar refractivity (Wildman–Crippen MR) is 75.6 cm³/mol. The molecule has 1 nitrogen and oxygen atoms in total. The monoisotopic (exact) mass is 255 g/mol. The Morgan fingerprint density at radius 1 is 1.38 bits per heavy atom. The average Bonchev–Trinajstić information content (AvgIpc) is 2.79. The highest BCUT2D eigenvalue weighted by Gasteiger charge is 2.17. The first-order chi connectivity index (χ1) is 7.79. The molecular formula is C13H21NS2. The number of rotatable bonds is 4. The van der Waals surface area contributed by atoms with E-state index in [0.717, 1.165) is 12.5 Å². The van der Waals surface area contributed by atoms with Crippen LogP contribution in [0.2, 0.25) is 0 Å². The lowest BCUT2D eigenvalue weighted by Crippen LogP contribution is -2.34. The largest absolute Gasteiger partial charge is 0.307 e. The van der Waals surface area contributed by atoms with Gasteiger partial charge in [0.05, 0.1) is 0 Å². The molecule has 1 aliphatic rings. The van der Waals surface area contributed by atoms with Gasteiger partial charge in [-0.15, -0.1) is 11.3 Å². The van der Waals surface area contributed by atoms with Crippen molar-refractivity contribution in [2.45, 2.75) is 45.2 Å². The molecule has 1 fully saturated rings. The van der Waals surface area contributed by atoms with Crippen LogP contribution >= 0.6 is 23.1 Å². The summed E-state index contributed by atoms with van der Waals surface area (Å²) in [5, 5.41) is 3.77. The van der Waals surface area contributed by atoms with Crippen molar-refractivity contribution < 1.29 is 0 Å². The zero-order valence-corrected chi connectivity index (χ0v) is 11.8. The van der Waals surface area contributed by atoms with Gasteiger partial charge in [0, 0.05) is 21.8 Å². The molecule has 0 saturated carbocycles. The van der Waals surface area contributed by atoms with Gasteiger partial charge in [-0.2, -0.15) is 11.8 Å². The van der Waals surface area contributed by atoms with E-state index in [2.05, 4.69) is 43.1 Å². The summed E-state index contributed by atoms with van der Waals surface area (Å²) in [5.41, 5.74) is 0. The highest BCUT2D eigenvalue weighted by atomic mass is 32.2. The quantitative estimate of drug-likeness (QED) is 0.877. The minimum atomic E-state index is 0.526. The van der Waals surface area contributed by atoms with E-state index in [9.17, 15) is 0 Å². The number of aryl methyl sites for hydroxylation is 1. The van der Waals surface area contributed by atoms with Crippen LogP contribution in [0.1, 0.15) is 42.5 Å². The lowest BCUT2D eigenvalue weighted by atomic mass is 10.1. The second-order valence-corrected chi connectivity index (χ2v) is 6.86. The first-order valence-electron chi connectivity index (χ1n) is 6.22. The maximum absolute atomic E-state index is 3.77. The minimum absolute atomic E-state index is 0.526. The van der Waals surface area contributed by atoms with E-state index in [-0.39, 0.29) is 0 Å². The molecule has 0 aliphatic carbocycles. The Bertz CT molecular complexity index is 315. The van der Waals surface area contributed by atoms with Crippen molar-refractivity contribution >= 4 is 23.1 Å². The van der Waals surface area contributed by atoms with Gasteiger partial charge in [-0.3, -0.25) is 0 Å². The molecule has 1 atom stereocenters. The molecule has 1 aliphatic heterocycles. The third-order valence-electron chi connectivity index (χ3n) is 3.16. The zero-order valence-electron chi connectivity index (χ0n) is 10.2. The third kappa shape index (κ3) is 3.25. The molecule has 1 unspecified atom stereocenters. The Morgan fingerprint density at radius 3 is 2.75 bits per heavy atom. The highest BCUT2D eigenvalue weighted by Crippen LogP contribution is 2.26. The molecule has 16 heavy (non-hydrogen) atoms. The molecule has 1 aromatic rings. The van der Waals surface area contributed by atoms with Crippen LogP contribution in [0.25, 0.3) is 0 Å². The molecule has 0 aromatic carbocycles. The van der Waals surface area contributed by atoms with Crippen molar-refractivity contribution in [1.29, 1.82) is 0 Å². The van der Waals surface area contributed by atoms with Gasteiger partial charge < -0.3 is 5.32 Å². The fraction of sp³-hybridized carbons (Fsp3) is 0.692. The molecule has 0 spiro atoms. The maximum Gasteiger partial charge on any atom is 0.0388 e. The van der Waals surface area contributed by atoms with E-state index in [1.807, 2.05) is 11.3 Å². The standard InChI is InChI=1S/C13H21NS2/c1-3-12-4-5-13(16-12)10(2)14-11-6-8-15-9-7-11/h4-5,10-11,14H,3,6-9H2,1-2H3. The lowest BCUT2D eigenvalue weighted by Gasteiger charge is -2.25. The summed E-state index contributed by atoms with van der Waals surface area (Å²) in [7, 11) is 0. The molecule has 1 saturated heterocycles. The maximum atomic E-state index is 3.77. The van der Waals surface area contributed by atoms with Crippen LogP contribution in [0, 0.1) is 0 Å². The topological polar surface area (TPSA) is 12.0 Å². The molecule has 0 radical (unpaired) electrons. The molecule has 2 heterocycles. The van der Waals surface area contributed by atoms with Crippen molar-refractivity contribution in [2.75, 3.05) is 11.5 Å². The second kappa shape index (κ2) is 6.08. The van der Waals surface area contributed by atoms with Crippen LogP contribution in [0.4, 0.5) is 0 Å². The van der Waals surface area contributed by atoms with Gasteiger partial charge in [0.1, 0.15) is 0 Å². The Hall–Kier alpha value is 0.01000. The van der Waals surface area contributed by atoms with Crippen LogP contribution in [-0.4, -0.2) is 17.5 Å². The molecule has 0 amide bonds. The van der Waals surface area contributed by atoms with E-state index in [0.29, 0.717) is 6.04 Å². The number of nitrogens with one attached hydrogen (secondary N) is 1. The fourth-order valence-corrected chi connectivity index (χ4v) is 4.19. The molecule has 90 valence electrons. The average molecular weight is 255 g/mol. The number of thiophene rings is 1. The summed E-state index contributed by atoms with van der Waals surface area (Å²) < 4.78 is 0. The second-order valence-electron chi connectivity index (χ2n) is 4.43. The third-order valence-corrected chi connectivity index (χ3v) is 5.63. The van der Waals surface area contributed by atoms with Gasteiger partial charge in [-0.05, 0) is 49.8 Å². The van der Waals surface area contributed by atoms with Crippen molar-refractivity contribution in [2.24, 2.45) is 0 Å². The normalized spacial score (nSPS) is 19.9. The van der Waals surface area contributed by atoms with E-state index >= 15 is 0 Å². The summed E-state index contributed by atoms with van der Waals surface area (Å²) in [6, 6.07) is 5.83. The first kappa shape index (κ1) is 12.5. The van der Waals surface area contributed by atoms with Crippen molar-refractivity contribution in [3.63, 3.8) is 0 Å². The summed E-state index contributed by atoms with van der Waals surface area (Å²) in [5.74, 6) is 2.66. The summed E-state index contributed by atoms with van der Waals surface area (Å²) >= 11 is 4.05. The van der Waals surface area contributed by atoms with Gasteiger partial charge in [0.2, 0.25) is 0 Å². The van der Waals surface area contributed by atoms with Crippen molar-refractivity contribution in [3.8, 4) is 0 Å². The molecular weight excluding hydrogens is 234 g/mol. The first-order valence-corrected chi connectivity index (χ1v) is 8.19.